The minimum Gasteiger partial charge on any atom is -0.480 e. The molecule has 5 nitrogen and oxygen atoms in total. The molecule has 5 heteroatoms. The van der Waals surface area contributed by atoms with Gasteiger partial charge in [-0.1, -0.05) is 12.8 Å². The van der Waals surface area contributed by atoms with Crippen LogP contribution >= 0.6 is 0 Å². The molecule has 2 aliphatic carbocycles. The molecule has 0 aromatic rings. The van der Waals surface area contributed by atoms with E-state index in [-0.39, 0.29) is 0 Å². The molecule has 3 rings (SSSR count). The van der Waals surface area contributed by atoms with Crippen LogP contribution in [0.4, 0.5) is 0 Å². The van der Waals surface area contributed by atoms with Crippen molar-refractivity contribution < 1.29 is 9.90 Å². The maximum atomic E-state index is 11.8. The van der Waals surface area contributed by atoms with Crippen LogP contribution in [0, 0.1) is 5.92 Å². The van der Waals surface area contributed by atoms with Gasteiger partial charge in [-0.3, -0.25) is 14.6 Å². The van der Waals surface area contributed by atoms with Gasteiger partial charge < -0.3 is 10.4 Å². The molecule has 0 radical (unpaired) electrons. The highest BCUT2D eigenvalue weighted by Gasteiger charge is 2.51. The maximum absolute atomic E-state index is 11.8. The number of piperazine rings is 1. The van der Waals surface area contributed by atoms with Crippen LogP contribution in [0.15, 0.2) is 0 Å². The van der Waals surface area contributed by atoms with Gasteiger partial charge in [0.25, 0.3) is 0 Å². The van der Waals surface area contributed by atoms with E-state index in [0.717, 1.165) is 45.1 Å². The number of nitrogens with zero attached hydrogens (tertiary/aromatic N) is 2. The van der Waals surface area contributed by atoms with E-state index in [2.05, 4.69) is 15.1 Å². The predicted octanol–water partition coefficient (Wildman–Crippen LogP) is 0.999. The van der Waals surface area contributed by atoms with Gasteiger partial charge in [-0.05, 0) is 38.6 Å². The average Bonchev–Trinajstić information content (AvgIpc) is 3.20. The zero-order valence-corrected chi connectivity index (χ0v) is 13.2. The lowest BCUT2D eigenvalue weighted by Gasteiger charge is -2.41. The molecule has 0 aromatic heterocycles. The molecule has 120 valence electrons. The van der Waals surface area contributed by atoms with E-state index >= 15 is 0 Å². The third-order valence-electron chi connectivity index (χ3n) is 5.82. The van der Waals surface area contributed by atoms with Gasteiger partial charge in [0, 0.05) is 38.8 Å². The number of carboxylic acids is 1. The lowest BCUT2D eigenvalue weighted by Crippen LogP contribution is -2.62. The summed E-state index contributed by atoms with van der Waals surface area (Å²) in [5.41, 5.74) is -0.727. The summed E-state index contributed by atoms with van der Waals surface area (Å²) in [6, 6.07) is 0.795. The van der Waals surface area contributed by atoms with E-state index in [0.29, 0.717) is 12.5 Å². The Balaban J connectivity index is 1.55. The van der Waals surface area contributed by atoms with Gasteiger partial charge >= 0.3 is 5.97 Å². The Kier molecular flexibility index (Phi) is 4.52. The number of hydrogen-bond acceptors (Lipinski definition) is 4. The van der Waals surface area contributed by atoms with Crippen molar-refractivity contribution in [3.05, 3.63) is 0 Å². The Morgan fingerprint density at radius 2 is 1.76 bits per heavy atom. The molecule has 1 unspecified atom stereocenters. The molecule has 0 spiro atoms. The number of carbonyl (C=O) groups is 1. The van der Waals surface area contributed by atoms with Gasteiger partial charge in [0.2, 0.25) is 0 Å². The molecule has 3 aliphatic rings. The Bertz CT molecular complexity index is 372. The minimum absolute atomic E-state index is 0.313. The van der Waals surface area contributed by atoms with E-state index in [9.17, 15) is 9.90 Å². The van der Waals surface area contributed by atoms with Crippen LogP contribution in [0.3, 0.4) is 0 Å². The molecule has 2 N–H and O–H groups in total. The summed E-state index contributed by atoms with van der Waals surface area (Å²) in [4.78, 5) is 16.8. The summed E-state index contributed by atoms with van der Waals surface area (Å²) in [6.07, 6.45) is 7.59. The fourth-order valence-corrected chi connectivity index (χ4v) is 4.25. The molecule has 1 heterocycles. The van der Waals surface area contributed by atoms with Gasteiger partial charge in [-0.15, -0.1) is 0 Å². The van der Waals surface area contributed by atoms with Gasteiger partial charge in [-0.25, -0.2) is 0 Å². The quantitative estimate of drug-likeness (QED) is 0.766. The number of hydrogen-bond donors (Lipinski definition) is 2. The third-order valence-corrected chi connectivity index (χ3v) is 5.82. The van der Waals surface area contributed by atoms with Crippen molar-refractivity contribution in [2.45, 2.75) is 50.1 Å². The van der Waals surface area contributed by atoms with Crippen LogP contribution in [-0.2, 0) is 4.79 Å². The van der Waals surface area contributed by atoms with E-state index in [4.69, 9.17) is 0 Å². The highest BCUT2D eigenvalue weighted by Crippen LogP contribution is 2.40. The number of likely N-dealkylation sites (N-methyl/N-ethyl adjacent to an activating group) is 1. The lowest BCUT2D eigenvalue weighted by atomic mass is 9.92. The van der Waals surface area contributed by atoms with Gasteiger partial charge in [-0.2, -0.15) is 0 Å². The number of rotatable bonds is 6. The first kappa shape index (κ1) is 15.3. The topological polar surface area (TPSA) is 55.8 Å². The highest BCUT2D eigenvalue weighted by molar-refractivity contribution is 5.80. The van der Waals surface area contributed by atoms with Crippen molar-refractivity contribution in [3.63, 3.8) is 0 Å². The van der Waals surface area contributed by atoms with Crippen molar-refractivity contribution in [2.24, 2.45) is 5.92 Å². The lowest BCUT2D eigenvalue weighted by molar-refractivity contribution is -0.147. The SMILES string of the molecule is CNC(CN1CCN(C2CCCC2)CC1)(C(=O)O)C1CC1. The molecule has 0 amide bonds. The number of nitrogens with one attached hydrogen (secondary N) is 1. The second-order valence-electron chi connectivity index (χ2n) is 7.05. The average molecular weight is 295 g/mol. The first-order valence-corrected chi connectivity index (χ1v) is 8.54. The van der Waals surface area contributed by atoms with Gasteiger partial charge in [0.15, 0.2) is 0 Å². The number of carboxylic acid groups (broad SMARTS) is 1. The summed E-state index contributed by atoms with van der Waals surface area (Å²) in [5.74, 6) is -0.362. The monoisotopic (exact) mass is 295 g/mol. The maximum Gasteiger partial charge on any atom is 0.325 e. The van der Waals surface area contributed by atoms with E-state index in [1.54, 1.807) is 7.05 Å². The number of aliphatic carboxylic acids is 1. The minimum atomic E-state index is -0.727. The fourth-order valence-electron chi connectivity index (χ4n) is 4.25. The molecule has 1 aliphatic heterocycles. The van der Waals surface area contributed by atoms with Crippen LogP contribution in [0.1, 0.15) is 38.5 Å². The van der Waals surface area contributed by atoms with Crippen molar-refractivity contribution in [1.82, 2.24) is 15.1 Å². The fraction of sp³-hybridized carbons (Fsp3) is 0.938. The predicted molar refractivity (Wildman–Crippen MR) is 82.4 cm³/mol. The van der Waals surface area contributed by atoms with E-state index in [1.165, 1.54) is 25.7 Å². The van der Waals surface area contributed by atoms with Crippen molar-refractivity contribution in [2.75, 3.05) is 39.8 Å². The molecule has 21 heavy (non-hydrogen) atoms. The zero-order valence-electron chi connectivity index (χ0n) is 13.2. The molecular formula is C16H29N3O2. The third kappa shape index (κ3) is 3.10. The summed E-state index contributed by atoms with van der Waals surface area (Å²) in [7, 11) is 1.81. The summed E-state index contributed by atoms with van der Waals surface area (Å²) in [6.45, 7) is 4.89. The Morgan fingerprint density at radius 1 is 1.14 bits per heavy atom. The molecule has 0 aromatic carbocycles. The van der Waals surface area contributed by atoms with Crippen LogP contribution in [-0.4, -0.2) is 72.2 Å². The normalized spacial score (nSPS) is 28.6. The van der Waals surface area contributed by atoms with E-state index < -0.39 is 11.5 Å². The molecule has 2 saturated carbocycles. The molecule has 1 atom stereocenters. The summed E-state index contributed by atoms with van der Waals surface area (Å²) >= 11 is 0. The Labute approximate surface area is 127 Å². The largest absolute Gasteiger partial charge is 0.480 e. The van der Waals surface area contributed by atoms with E-state index in [1.807, 2.05) is 0 Å². The summed E-state index contributed by atoms with van der Waals surface area (Å²) < 4.78 is 0. The first-order chi connectivity index (χ1) is 10.2. The van der Waals surface area contributed by atoms with Crippen molar-refractivity contribution in [1.29, 1.82) is 0 Å². The van der Waals surface area contributed by atoms with Crippen molar-refractivity contribution in [3.8, 4) is 0 Å². The molecular weight excluding hydrogens is 266 g/mol. The Hall–Kier alpha value is -0.650. The standard InChI is InChI=1S/C16H29N3O2/c1-17-16(15(20)21,13-6-7-13)12-18-8-10-19(11-9-18)14-4-2-3-5-14/h13-14,17H,2-12H2,1H3,(H,20,21). The summed E-state index contributed by atoms with van der Waals surface area (Å²) in [5, 5.41) is 12.8. The van der Waals surface area contributed by atoms with Crippen LogP contribution < -0.4 is 5.32 Å². The Morgan fingerprint density at radius 3 is 2.24 bits per heavy atom. The highest BCUT2D eigenvalue weighted by atomic mass is 16.4. The molecule has 0 bridgehead atoms. The first-order valence-electron chi connectivity index (χ1n) is 8.54. The van der Waals surface area contributed by atoms with Gasteiger partial charge in [0.1, 0.15) is 5.54 Å². The second-order valence-corrected chi connectivity index (χ2v) is 7.05. The van der Waals surface area contributed by atoms with Crippen LogP contribution in [0.5, 0.6) is 0 Å². The second kappa shape index (κ2) is 6.23. The smallest absolute Gasteiger partial charge is 0.325 e. The van der Waals surface area contributed by atoms with Crippen LogP contribution in [0.25, 0.3) is 0 Å². The molecule has 3 fully saturated rings. The van der Waals surface area contributed by atoms with Crippen LogP contribution in [0.2, 0.25) is 0 Å². The zero-order chi connectivity index (χ0) is 14.9. The van der Waals surface area contributed by atoms with Crippen molar-refractivity contribution >= 4 is 5.97 Å². The molecule has 1 saturated heterocycles. The van der Waals surface area contributed by atoms with Gasteiger partial charge in [0.05, 0.1) is 0 Å².